The minimum Gasteiger partial charge on any atom is -0.312 e. The zero-order chi connectivity index (χ0) is 11.0. The summed E-state index contributed by atoms with van der Waals surface area (Å²) in [5.74, 6) is 2.02. The minimum atomic E-state index is 0.177. The molecule has 1 aliphatic rings. The molecule has 16 heavy (non-hydrogen) atoms. The molecule has 0 radical (unpaired) electrons. The van der Waals surface area contributed by atoms with Crippen LogP contribution in [0.25, 0.3) is 0 Å². The summed E-state index contributed by atoms with van der Waals surface area (Å²) in [5, 5.41) is 11.9. The quantitative estimate of drug-likeness (QED) is 0.777. The van der Waals surface area contributed by atoms with Gasteiger partial charge in [-0.05, 0) is 12.5 Å². The van der Waals surface area contributed by atoms with Gasteiger partial charge in [-0.2, -0.15) is 0 Å². The topological polar surface area (TPSA) is 42.7 Å². The molecule has 0 fully saturated rings. The zero-order valence-corrected chi connectivity index (χ0v) is 9.22. The zero-order valence-electron chi connectivity index (χ0n) is 9.22. The van der Waals surface area contributed by atoms with Crippen LogP contribution in [0, 0.1) is 6.92 Å². The highest BCUT2D eigenvalue weighted by Crippen LogP contribution is 2.23. The van der Waals surface area contributed by atoms with Crippen molar-refractivity contribution in [3.63, 3.8) is 0 Å². The molecular weight excluding hydrogens is 200 g/mol. The van der Waals surface area contributed by atoms with E-state index in [1.165, 1.54) is 5.56 Å². The standard InChI is InChI=1S/C12H14N4/c1-9-14-15-12-11(13-7-8-16(9)12)10-5-3-2-4-6-10/h2-6,11,13H,7-8H2,1H3. The van der Waals surface area contributed by atoms with Crippen molar-refractivity contribution in [3.8, 4) is 0 Å². The minimum absolute atomic E-state index is 0.177. The van der Waals surface area contributed by atoms with Gasteiger partial charge in [-0.25, -0.2) is 0 Å². The van der Waals surface area contributed by atoms with Crippen LogP contribution in [0.15, 0.2) is 30.3 Å². The predicted octanol–water partition coefficient (Wildman–Crippen LogP) is 1.28. The third-order valence-corrected chi connectivity index (χ3v) is 3.04. The molecule has 4 nitrogen and oxygen atoms in total. The summed E-state index contributed by atoms with van der Waals surface area (Å²) in [5.41, 5.74) is 1.25. The molecule has 1 aromatic carbocycles. The van der Waals surface area contributed by atoms with E-state index in [-0.39, 0.29) is 6.04 Å². The highest BCUT2D eigenvalue weighted by molar-refractivity contribution is 5.26. The maximum absolute atomic E-state index is 4.26. The average Bonchev–Trinajstić information content (AvgIpc) is 2.73. The second-order valence-electron chi connectivity index (χ2n) is 4.05. The van der Waals surface area contributed by atoms with E-state index in [0.29, 0.717) is 0 Å². The molecule has 1 atom stereocenters. The molecule has 3 rings (SSSR count). The number of aryl methyl sites for hydroxylation is 1. The number of hydrogen-bond donors (Lipinski definition) is 1. The van der Waals surface area contributed by atoms with E-state index >= 15 is 0 Å². The van der Waals surface area contributed by atoms with Gasteiger partial charge in [-0.15, -0.1) is 10.2 Å². The van der Waals surface area contributed by atoms with Gasteiger partial charge in [0.1, 0.15) is 5.82 Å². The van der Waals surface area contributed by atoms with E-state index in [0.717, 1.165) is 24.7 Å². The van der Waals surface area contributed by atoms with Crippen molar-refractivity contribution >= 4 is 0 Å². The number of aromatic nitrogens is 3. The molecule has 2 aromatic rings. The molecule has 2 heterocycles. The van der Waals surface area contributed by atoms with Crippen molar-refractivity contribution < 1.29 is 0 Å². The Bertz CT molecular complexity index is 489. The number of nitrogens with one attached hydrogen (secondary N) is 1. The Balaban J connectivity index is 2.05. The number of hydrogen-bond acceptors (Lipinski definition) is 3. The summed E-state index contributed by atoms with van der Waals surface area (Å²) in [7, 11) is 0. The van der Waals surface area contributed by atoms with Gasteiger partial charge in [0.15, 0.2) is 5.82 Å². The lowest BCUT2D eigenvalue weighted by atomic mass is 10.1. The van der Waals surface area contributed by atoms with Gasteiger partial charge in [-0.1, -0.05) is 30.3 Å². The van der Waals surface area contributed by atoms with E-state index in [4.69, 9.17) is 0 Å². The highest BCUT2D eigenvalue weighted by Gasteiger charge is 2.24. The molecule has 1 aliphatic heterocycles. The first-order valence-corrected chi connectivity index (χ1v) is 5.54. The molecule has 0 bridgehead atoms. The molecule has 4 heteroatoms. The monoisotopic (exact) mass is 214 g/mol. The number of benzene rings is 1. The lowest BCUT2D eigenvalue weighted by molar-refractivity contribution is 0.451. The summed E-state index contributed by atoms with van der Waals surface area (Å²) in [6.45, 7) is 3.92. The summed E-state index contributed by atoms with van der Waals surface area (Å²) < 4.78 is 2.19. The van der Waals surface area contributed by atoms with Gasteiger partial charge >= 0.3 is 0 Å². The molecular formula is C12H14N4. The van der Waals surface area contributed by atoms with Gasteiger partial charge in [0, 0.05) is 13.1 Å². The Labute approximate surface area is 94.3 Å². The summed E-state index contributed by atoms with van der Waals surface area (Å²) in [4.78, 5) is 0. The van der Waals surface area contributed by atoms with Crippen LogP contribution < -0.4 is 5.32 Å². The Morgan fingerprint density at radius 3 is 2.88 bits per heavy atom. The van der Waals surface area contributed by atoms with Gasteiger partial charge in [0.05, 0.1) is 6.04 Å². The van der Waals surface area contributed by atoms with Crippen molar-refractivity contribution in [2.24, 2.45) is 0 Å². The summed E-state index contributed by atoms with van der Waals surface area (Å²) in [6, 6.07) is 10.6. The third-order valence-electron chi connectivity index (χ3n) is 3.04. The van der Waals surface area contributed by atoms with Crippen LogP contribution in [-0.4, -0.2) is 21.3 Å². The van der Waals surface area contributed by atoms with Crippen LogP contribution in [-0.2, 0) is 6.54 Å². The molecule has 0 aliphatic carbocycles. The Morgan fingerprint density at radius 2 is 2.06 bits per heavy atom. The van der Waals surface area contributed by atoms with Crippen LogP contribution in [0.3, 0.4) is 0 Å². The fourth-order valence-corrected chi connectivity index (χ4v) is 2.21. The second kappa shape index (κ2) is 3.72. The van der Waals surface area contributed by atoms with Gasteiger partial charge < -0.3 is 9.88 Å². The smallest absolute Gasteiger partial charge is 0.154 e. The third kappa shape index (κ3) is 1.42. The van der Waals surface area contributed by atoms with Crippen LogP contribution in [0.5, 0.6) is 0 Å². The molecule has 82 valence electrons. The maximum Gasteiger partial charge on any atom is 0.154 e. The Hall–Kier alpha value is -1.68. The Kier molecular flexibility index (Phi) is 2.22. The van der Waals surface area contributed by atoms with Crippen molar-refractivity contribution in [3.05, 3.63) is 47.5 Å². The van der Waals surface area contributed by atoms with Crippen LogP contribution in [0.1, 0.15) is 23.3 Å². The van der Waals surface area contributed by atoms with E-state index in [2.05, 4.69) is 44.3 Å². The average molecular weight is 214 g/mol. The van der Waals surface area contributed by atoms with Crippen LogP contribution >= 0.6 is 0 Å². The molecule has 0 saturated carbocycles. The predicted molar refractivity (Wildman–Crippen MR) is 61.0 cm³/mol. The van der Waals surface area contributed by atoms with E-state index in [1.807, 2.05) is 13.0 Å². The van der Waals surface area contributed by atoms with Crippen LogP contribution in [0.4, 0.5) is 0 Å². The van der Waals surface area contributed by atoms with Crippen molar-refractivity contribution in [1.29, 1.82) is 0 Å². The molecule has 0 spiro atoms. The second-order valence-corrected chi connectivity index (χ2v) is 4.05. The van der Waals surface area contributed by atoms with Crippen molar-refractivity contribution in [2.75, 3.05) is 6.54 Å². The molecule has 1 aromatic heterocycles. The lowest BCUT2D eigenvalue weighted by Gasteiger charge is -2.25. The fourth-order valence-electron chi connectivity index (χ4n) is 2.21. The van der Waals surface area contributed by atoms with Gasteiger partial charge in [0.25, 0.3) is 0 Å². The first-order chi connectivity index (χ1) is 7.86. The fraction of sp³-hybridized carbons (Fsp3) is 0.333. The molecule has 0 amide bonds. The number of rotatable bonds is 1. The normalized spacial score (nSPS) is 19.4. The highest BCUT2D eigenvalue weighted by atomic mass is 15.3. The lowest BCUT2D eigenvalue weighted by Crippen LogP contribution is -2.34. The van der Waals surface area contributed by atoms with E-state index in [9.17, 15) is 0 Å². The first kappa shape index (κ1) is 9.54. The van der Waals surface area contributed by atoms with Crippen LogP contribution in [0.2, 0.25) is 0 Å². The number of nitrogens with zero attached hydrogens (tertiary/aromatic N) is 3. The molecule has 1 unspecified atom stereocenters. The summed E-state index contributed by atoms with van der Waals surface area (Å²) in [6.07, 6.45) is 0. The van der Waals surface area contributed by atoms with E-state index < -0.39 is 0 Å². The van der Waals surface area contributed by atoms with E-state index in [1.54, 1.807) is 0 Å². The van der Waals surface area contributed by atoms with Crippen molar-refractivity contribution in [2.45, 2.75) is 19.5 Å². The maximum atomic E-state index is 4.26. The van der Waals surface area contributed by atoms with Gasteiger partial charge in [-0.3, -0.25) is 0 Å². The van der Waals surface area contributed by atoms with Crippen molar-refractivity contribution in [1.82, 2.24) is 20.1 Å². The molecule has 0 saturated heterocycles. The Morgan fingerprint density at radius 1 is 1.25 bits per heavy atom. The first-order valence-electron chi connectivity index (χ1n) is 5.54. The summed E-state index contributed by atoms with van der Waals surface area (Å²) >= 11 is 0. The largest absolute Gasteiger partial charge is 0.312 e. The number of fused-ring (bicyclic) bond motifs is 1. The molecule has 1 N–H and O–H groups in total. The van der Waals surface area contributed by atoms with Gasteiger partial charge in [0.2, 0.25) is 0 Å². The SMILES string of the molecule is Cc1nnc2n1CCNC2c1ccccc1.